The number of ether oxygens (including phenoxy) is 4. The van der Waals surface area contributed by atoms with Crippen molar-refractivity contribution in [2.75, 3.05) is 26.8 Å². The van der Waals surface area contributed by atoms with Crippen molar-refractivity contribution in [2.24, 2.45) is 17.0 Å². The molecule has 3 aliphatic rings. The Morgan fingerprint density at radius 2 is 1.91 bits per heavy atom. The molecule has 1 spiro atoms. The van der Waals surface area contributed by atoms with Gasteiger partial charge in [0.1, 0.15) is 17.8 Å². The van der Waals surface area contributed by atoms with Crippen molar-refractivity contribution in [2.45, 2.75) is 95.9 Å². The second kappa shape index (κ2) is 10.2. The number of methoxy groups -OCH3 is 1. The zero-order valence-corrected chi connectivity index (χ0v) is 21.9. The highest BCUT2D eigenvalue weighted by molar-refractivity contribution is 5.84. The molecule has 2 aliphatic heterocycles. The van der Waals surface area contributed by atoms with E-state index in [0.717, 1.165) is 6.42 Å². The van der Waals surface area contributed by atoms with Crippen molar-refractivity contribution < 1.29 is 33.6 Å². The Kier molecular flexibility index (Phi) is 8.10. The van der Waals surface area contributed by atoms with Crippen LogP contribution >= 0.6 is 0 Å². The van der Waals surface area contributed by atoms with Crippen molar-refractivity contribution in [3.05, 3.63) is 16.6 Å². The van der Waals surface area contributed by atoms with E-state index in [4.69, 9.17) is 18.9 Å². The number of hydrogen-bond donors (Lipinski definition) is 1. The normalized spacial score (nSPS) is 31.2. The maximum Gasteiger partial charge on any atom is 0.410 e. The molecule has 3 rings (SSSR count). The maximum absolute atomic E-state index is 12.9. The number of rotatable bonds is 9. The molecule has 6 atom stereocenters. The molecule has 0 aromatic rings. The SMILES string of the molecule is CO[C@@H]1[C@H](OC(=O)N2CC(OC(C)(C)C(=O)N=O)C2)CC[C@]2(CO2)[C@H]1[C@@](C)(O)C(C)CC=C(C)C. The molecule has 1 N–H and O–H groups in total. The van der Waals surface area contributed by atoms with E-state index in [1.54, 1.807) is 7.11 Å². The monoisotopic (exact) mass is 496 g/mol. The number of amides is 2. The molecule has 2 saturated heterocycles. The summed E-state index contributed by atoms with van der Waals surface area (Å²) in [6, 6.07) is 0. The first-order valence-corrected chi connectivity index (χ1v) is 12.3. The molecule has 0 radical (unpaired) electrons. The van der Waals surface area contributed by atoms with Crippen LogP contribution in [0.15, 0.2) is 16.8 Å². The molecule has 10 heteroatoms. The van der Waals surface area contributed by atoms with Crippen LogP contribution in [0.4, 0.5) is 4.79 Å². The standard InChI is InChI=1S/C25H40N2O8/c1-15(2)8-9-16(3)24(6,30)20-19(32-7)18(10-11-25(20)14-33-25)34-22(29)27-12-17(13-27)35-23(4,5)21(28)26-31/h8,16-20,30H,9-14H2,1-7H3/t16?,18-,19-,20-,24+,25+/m1/s1. The van der Waals surface area contributed by atoms with Gasteiger partial charge in [0.2, 0.25) is 0 Å². The molecule has 1 unspecified atom stereocenters. The van der Waals surface area contributed by atoms with E-state index in [9.17, 15) is 19.6 Å². The predicted octanol–water partition coefficient (Wildman–Crippen LogP) is 3.20. The van der Waals surface area contributed by atoms with Gasteiger partial charge < -0.3 is 29.0 Å². The van der Waals surface area contributed by atoms with Gasteiger partial charge in [0, 0.05) is 18.2 Å². The lowest BCUT2D eigenvalue weighted by molar-refractivity contribution is -0.183. The highest BCUT2D eigenvalue weighted by Gasteiger charge is 2.65. The van der Waals surface area contributed by atoms with Crippen LogP contribution in [-0.2, 0) is 23.7 Å². The number of aliphatic hydroxyl groups is 1. The van der Waals surface area contributed by atoms with Gasteiger partial charge in [-0.2, -0.15) is 0 Å². The van der Waals surface area contributed by atoms with Gasteiger partial charge in [-0.15, -0.1) is 4.91 Å². The molecule has 0 bridgehead atoms. The first-order valence-electron chi connectivity index (χ1n) is 12.3. The zero-order valence-electron chi connectivity index (χ0n) is 21.9. The molecule has 198 valence electrons. The van der Waals surface area contributed by atoms with Crippen LogP contribution in [0.1, 0.15) is 60.8 Å². The minimum Gasteiger partial charge on any atom is -0.443 e. The summed E-state index contributed by atoms with van der Waals surface area (Å²) in [5.74, 6) is -1.31. The van der Waals surface area contributed by atoms with Crippen LogP contribution in [0.2, 0.25) is 0 Å². The fourth-order valence-corrected chi connectivity index (χ4v) is 5.32. The van der Waals surface area contributed by atoms with Crippen LogP contribution in [-0.4, -0.2) is 83.9 Å². The van der Waals surface area contributed by atoms with E-state index in [1.807, 2.05) is 27.7 Å². The van der Waals surface area contributed by atoms with Crippen LogP contribution in [0.5, 0.6) is 0 Å². The summed E-state index contributed by atoms with van der Waals surface area (Å²) in [5, 5.41) is 14.1. The van der Waals surface area contributed by atoms with E-state index in [0.29, 0.717) is 19.4 Å². The summed E-state index contributed by atoms with van der Waals surface area (Å²) in [4.78, 5) is 36.5. The average Bonchev–Trinajstić information content (AvgIpc) is 3.53. The third kappa shape index (κ3) is 5.76. The molecular formula is C25H40N2O8. The molecule has 35 heavy (non-hydrogen) atoms. The predicted molar refractivity (Wildman–Crippen MR) is 128 cm³/mol. The molecule has 10 nitrogen and oxygen atoms in total. The zero-order chi connectivity index (χ0) is 26.2. The van der Waals surface area contributed by atoms with Gasteiger partial charge >= 0.3 is 12.0 Å². The molecule has 1 aliphatic carbocycles. The Morgan fingerprint density at radius 1 is 1.29 bits per heavy atom. The van der Waals surface area contributed by atoms with E-state index in [2.05, 4.69) is 11.3 Å². The fourth-order valence-electron chi connectivity index (χ4n) is 5.32. The Labute approximate surface area is 207 Å². The second-order valence-electron chi connectivity index (χ2n) is 11.2. The lowest BCUT2D eigenvalue weighted by Gasteiger charge is -2.49. The molecule has 1 saturated carbocycles. The number of likely N-dealkylation sites (tertiary alicyclic amines) is 1. The number of epoxide rings is 1. The number of nitrogens with zero attached hydrogens (tertiary/aromatic N) is 2. The van der Waals surface area contributed by atoms with E-state index < -0.39 is 41.0 Å². The first kappa shape index (κ1) is 27.7. The van der Waals surface area contributed by atoms with Gasteiger partial charge in [-0.1, -0.05) is 18.6 Å². The number of carbonyl (C=O) groups excluding carboxylic acids is 2. The summed E-state index contributed by atoms with van der Waals surface area (Å²) in [6.45, 7) is 11.9. The Morgan fingerprint density at radius 3 is 2.43 bits per heavy atom. The summed E-state index contributed by atoms with van der Waals surface area (Å²) in [6.07, 6.45) is 2.12. The van der Waals surface area contributed by atoms with Crippen LogP contribution in [0.25, 0.3) is 0 Å². The number of allylic oxidation sites excluding steroid dienone is 2. The van der Waals surface area contributed by atoms with Crippen molar-refractivity contribution >= 4 is 12.0 Å². The lowest BCUT2D eigenvalue weighted by Crippen LogP contribution is -2.62. The molecule has 3 fully saturated rings. The van der Waals surface area contributed by atoms with Gasteiger partial charge in [-0.25, -0.2) is 4.79 Å². The molecule has 0 aromatic heterocycles. The van der Waals surface area contributed by atoms with E-state index in [1.165, 1.54) is 24.3 Å². The average molecular weight is 497 g/mol. The third-order valence-electron chi connectivity index (χ3n) is 7.83. The van der Waals surface area contributed by atoms with Crippen molar-refractivity contribution in [3.63, 3.8) is 0 Å². The maximum atomic E-state index is 12.9. The van der Waals surface area contributed by atoms with Crippen LogP contribution in [0, 0.1) is 16.7 Å². The second-order valence-corrected chi connectivity index (χ2v) is 11.2. The minimum absolute atomic E-state index is 0.0595. The Hall–Kier alpha value is -1.88. The van der Waals surface area contributed by atoms with Crippen molar-refractivity contribution in [1.82, 2.24) is 4.90 Å². The fraction of sp³-hybridized carbons (Fsp3) is 0.840. The van der Waals surface area contributed by atoms with E-state index >= 15 is 0 Å². The van der Waals surface area contributed by atoms with Gasteiger partial charge in [-0.05, 0) is 59.8 Å². The number of nitroso groups, excluding NO2 is 1. The van der Waals surface area contributed by atoms with Gasteiger partial charge in [0.05, 0.1) is 37.0 Å². The summed E-state index contributed by atoms with van der Waals surface area (Å²) < 4.78 is 23.2. The van der Waals surface area contributed by atoms with Gasteiger partial charge in [0.15, 0.2) is 0 Å². The largest absolute Gasteiger partial charge is 0.443 e. The number of hydrogen-bond acceptors (Lipinski definition) is 8. The first-order chi connectivity index (χ1) is 16.3. The highest BCUT2D eigenvalue weighted by atomic mass is 16.6. The number of carbonyl (C=O) groups is 2. The summed E-state index contributed by atoms with van der Waals surface area (Å²) >= 11 is 0. The van der Waals surface area contributed by atoms with Gasteiger partial charge in [0.25, 0.3) is 0 Å². The highest BCUT2D eigenvalue weighted by Crippen LogP contribution is 2.54. The molecule has 2 heterocycles. The molecule has 0 aromatic carbocycles. The van der Waals surface area contributed by atoms with Crippen LogP contribution < -0.4 is 0 Å². The van der Waals surface area contributed by atoms with Crippen molar-refractivity contribution in [1.29, 1.82) is 0 Å². The Bertz CT molecular complexity index is 840. The summed E-state index contributed by atoms with van der Waals surface area (Å²) in [7, 11) is 1.57. The van der Waals surface area contributed by atoms with Crippen LogP contribution in [0.3, 0.4) is 0 Å². The topological polar surface area (TPSA) is 127 Å². The lowest BCUT2D eigenvalue weighted by atomic mass is 9.63. The van der Waals surface area contributed by atoms with E-state index in [-0.39, 0.29) is 31.0 Å². The smallest absolute Gasteiger partial charge is 0.410 e. The Balaban J connectivity index is 1.64. The molecule has 2 amide bonds. The minimum atomic E-state index is -1.34. The van der Waals surface area contributed by atoms with Crippen molar-refractivity contribution in [3.8, 4) is 0 Å². The quantitative estimate of drug-likeness (QED) is 0.293. The summed E-state index contributed by atoms with van der Waals surface area (Å²) in [5.41, 5.74) is -1.72. The van der Waals surface area contributed by atoms with Gasteiger partial charge in [-0.3, -0.25) is 4.79 Å². The molecular weight excluding hydrogens is 456 g/mol. The third-order valence-corrected chi connectivity index (χ3v) is 7.83.